The van der Waals surface area contributed by atoms with Crippen molar-refractivity contribution in [3.63, 3.8) is 0 Å². The topological polar surface area (TPSA) is 40.6 Å². The van der Waals surface area contributed by atoms with Crippen LogP contribution in [0.3, 0.4) is 0 Å². The average molecular weight is 278 g/mol. The van der Waals surface area contributed by atoms with E-state index in [1.54, 1.807) is 0 Å². The second-order valence-electron chi connectivity index (χ2n) is 5.14. The smallest absolute Gasteiger partial charge is 0.198 e. The van der Waals surface area contributed by atoms with Crippen molar-refractivity contribution in [2.45, 2.75) is 44.8 Å². The van der Waals surface area contributed by atoms with E-state index in [2.05, 4.69) is 9.34 Å². The van der Waals surface area contributed by atoms with E-state index in [4.69, 9.17) is 0 Å². The van der Waals surface area contributed by atoms with Gasteiger partial charge in [-0.25, -0.2) is 8.42 Å². The minimum Gasteiger partial charge on any atom is -0.257 e. The van der Waals surface area contributed by atoms with Crippen LogP contribution in [0, 0.1) is 0 Å². The van der Waals surface area contributed by atoms with Crippen LogP contribution in [0.5, 0.6) is 0 Å². The molecule has 0 aliphatic carbocycles. The fourth-order valence-corrected chi connectivity index (χ4v) is 9.10. The van der Waals surface area contributed by atoms with Crippen molar-refractivity contribution in [1.82, 2.24) is 9.34 Å². The van der Waals surface area contributed by atoms with Gasteiger partial charge < -0.3 is 0 Å². The van der Waals surface area contributed by atoms with Crippen LogP contribution in [0.2, 0.25) is 0 Å². The van der Waals surface area contributed by atoms with Crippen LogP contribution < -0.4 is 0 Å². The molecule has 2 fully saturated rings. The predicted octanol–water partition coefficient (Wildman–Crippen LogP) is 2.23. The van der Waals surface area contributed by atoms with Crippen molar-refractivity contribution in [3.05, 3.63) is 0 Å². The van der Waals surface area contributed by atoms with Gasteiger partial charge in [0.1, 0.15) is 0 Å². The molecule has 100 valence electrons. The molecule has 2 heterocycles. The van der Waals surface area contributed by atoms with E-state index < -0.39 is 16.9 Å². The number of rotatable bonds is 4. The van der Waals surface area contributed by atoms with Crippen molar-refractivity contribution in [2.75, 3.05) is 26.2 Å². The first-order valence-electron chi connectivity index (χ1n) is 6.57. The van der Waals surface area contributed by atoms with Crippen LogP contribution in [0.15, 0.2) is 0 Å². The van der Waals surface area contributed by atoms with E-state index in [9.17, 15) is 8.42 Å². The van der Waals surface area contributed by atoms with E-state index in [1.165, 1.54) is 0 Å². The Morgan fingerprint density at radius 3 is 1.53 bits per heavy atom. The molecule has 0 radical (unpaired) electrons. The molecule has 2 aliphatic rings. The summed E-state index contributed by atoms with van der Waals surface area (Å²) in [5.74, 6) is 0. The zero-order chi connectivity index (χ0) is 12.5. The summed E-state index contributed by atoms with van der Waals surface area (Å²) >= 11 is 0. The molecule has 0 saturated carbocycles. The summed E-state index contributed by atoms with van der Waals surface area (Å²) in [5, 5.41) is -0.255. The molecular weight excluding hydrogens is 255 g/mol. The molecular formula is C11H23N2O2PS. The van der Waals surface area contributed by atoms with Crippen LogP contribution in [0.25, 0.3) is 0 Å². The monoisotopic (exact) mass is 278 g/mol. The third kappa shape index (κ3) is 2.83. The number of hydrogen-bond acceptors (Lipinski definition) is 4. The standard InChI is InChI=1S/C11H23N2O2PS/c1-11(2)17(14,15)16(12-7-3-4-8-12)13-9-5-6-10-13/h11H,3-10H2,1-2H3. The fourth-order valence-electron chi connectivity index (χ4n) is 2.43. The van der Waals surface area contributed by atoms with Crippen LogP contribution in [-0.2, 0) is 9.46 Å². The molecule has 6 heteroatoms. The van der Waals surface area contributed by atoms with E-state index in [1.807, 2.05) is 13.8 Å². The summed E-state index contributed by atoms with van der Waals surface area (Å²) in [6.07, 6.45) is 4.61. The molecule has 0 amide bonds. The third-order valence-electron chi connectivity index (χ3n) is 3.47. The highest BCUT2D eigenvalue weighted by molar-refractivity contribution is 8.48. The summed E-state index contributed by atoms with van der Waals surface area (Å²) in [6.45, 7) is 7.50. The SMILES string of the molecule is CC(C)S(=O)(=O)P(N1CCCC1)N1CCCC1. The molecule has 0 atom stereocenters. The molecule has 0 bridgehead atoms. The molecule has 0 spiro atoms. The van der Waals surface area contributed by atoms with E-state index >= 15 is 0 Å². The Morgan fingerprint density at radius 1 is 0.882 bits per heavy atom. The number of nitrogens with zero attached hydrogens (tertiary/aromatic N) is 2. The lowest BCUT2D eigenvalue weighted by Crippen LogP contribution is -2.32. The zero-order valence-electron chi connectivity index (χ0n) is 10.8. The molecule has 0 unspecified atom stereocenters. The van der Waals surface area contributed by atoms with Crippen molar-refractivity contribution >= 4 is 16.9 Å². The molecule has 17 heavy (non-hydrogen) atoms. The summed E-state index contributed by atoms with van der Waals surface area (Å²) < 4.78 is 29.6. The quantitative estimate of drug-likeness (QED) is 0.739. The second kappa shape index (κ2) is 5.52. The molecule has 0 aromatic carbocycles. The van der Waals surface area contributed by atoms with Crippen LogP contribution in [0.4, 0.5) is 0 Å². The lowest BCUT2D eigenvalue weighted by molar-refractivity contribution is 0.481. The normalized spacial score (nSPS) is 24.2. The summed E-state index contributed by atoms with van der Waals surface area (Å²) in [6, 6.07) is 0. The number of hydrogen-bond donors (Lipinski definition) is 0. The lowest BCUT2D eigenvalue weighted by atomic mass is 10.4. The highest BCUT2D eigenvalue weighted by Crippen LogP contribution is 2.54. The van der Waals surface area contributed by atoms with Gasteiger partial charge in [-0.3, -0.25) is 9.34 Å². The lowest BCUT2D eigenvalue weighted by Gasteiger charge is -2.34. The fraction of sp³-hybridized carbons (Fsp3) is 1.00. The first kappa shape index (κ1) is 13.7. The average Bonchev–Trinajstić information content (AvgIpc) is 2.90. The van der Waals surface area contributed by atoms with Crippen LogP contribution in [-0.4, -0.2) is 49.2 Å². The molecule has 4 nitrogen and oxygen atoms in total. The van der Waals surface area contributed by atoms with E-state index in [0.717, 1.165) is 51.9 Å². The maximum atomic E-state index is 12.6. The van der Waals surface area contributed by atoms with Crippen molar-refractivity contribution < 1.29 is 8.42 Å². The van der Waals surface area contributed by atoms with Gasteiger partial charge in [0, 0.05) is 26.2 Å². The van der Waals surface area contributed by atoms with Gasteiger partial charge in [-0.15, -0.1) is 0 Å². The van der Waals surface area contributed by atoms with Gasteiger partial charge in [0.2, 0.25) is 0 Å². The van der Waals surface area contributed by atoms with Gasteiger partial charge in [-0.1, -0.05) is 0 Å². The van der Waals surface area contributed by atoms with Gasteiger partial charge in [0.05, 0.1) is 5.25 Å². The second-order valence-corrected chi connectivity index (χ2v) is 11.3. The van der Waals surface area contributed by atoms with Gasteiger partial charge in [0.25, 0.3) is 0 Å². The first-order chi connectivity index (χ1) is 8.03. The third-order valence-corrected chi connectivity index (χ3v) is 10.9. The Hall–Kier alpha value is 0.300. The van der Waals surface area contributed by atoms with Gasteiger partial charge >= 0.3 is 0 Å². The molecule has 2 rings (SSSR count). The Bertz CT molecular complexity index is 330. The summed E-state index contributed by atoms with van der Waals surface area (Å²) in [5.41, 5.74) is 0. The maximum Gasteiger partial charge on any atom is 0.198 e. The largest absolute Gasteiger partial charge is 0.257 e. The van der Waals surface area contributed by atoms with Gasteiger partial charge in [0.15, 0.2) is 16.9 Å². The van der Waals surface area contributed by atoms with Gasteiger partial charge in [-0.05, 0) is 39.5 Å². The Kier molecular flexibility index (Phi) is 4.45. The Labute approximate surface area is 106 Å². The molecule has 2 aliphatic heterocycles. The first-order valence-corrected chi connectivity index (χ1v) is 9.97. The minimum absolute atomic E-state index is 0.255. The summed E-state index contributed by atoms with van der Waals surface area (Å²) in [7, 11) is -4.10. The highest BCUT2D eigenvalue weighted by atomic mass is 32.8. The molecule has 0 N–H and O–H groups in total. The van der Waals surface area contributed by atoms with Crippen LogP contribution >= 0.6 is 7.42 Å². The van der Waals surface area contributed by atoms with Crippen molar-refractivity contribution in [3.8, 4) is 0 Å². The van der Waals surface area contributed by atoms with Gasteiger partial charge in [-0.2, -0.15) is 0 Å². The van der Waals surface area contributed by atoms with E-state index in [0.29, 0.717) is 0 Å². The van der Waals surface area contributed by atoms with Crippen LogP contribution in [0.1, 0.15) is 39.5 Å². The molecule has 0 aromatic rings. The van der Waals surface area contributed by atoms with Crippen molar-refractivity contribution in [2.24, 2.45) is 0 Å². The predicted molar refractivity (Wildman–Crippen MR) is 72.6 cm³/mol. The Balaban J connectivity index is 2.22. The van der Waals surface area contributed by atoms with Crippen molar-refractivity contribution in [1.29, 1.82) is 0 Å². The summed E-state index contributed by atoms with van der Waals surface area (Å²) in [4.78, 5) is 0. The molecule has 0 aromatic heterocycles. The molecule has 2 saturated heterocycles. The highest BCUT2D eigenvalue weighted by Gasteiger charge is 2.40. The minimum atomic E-state index is -2.99. The van der Waals surface area contributed by atoms with E-state index in [-0.39, 0.29) is 5.25 Å². The maximum absolute atomic E-state index is 12.6. The zero-order valence-corrected chi connectivity index (χ0v) is 12.5. The Morgan fingerprint density at radius 2 is 1.24 bits per heavy atom.